The molecular weight excluding hydrogens is 727 g/mol. The molecule has 0 amide bonds. The summed E-state index contributed by atoms with van der Waals surface area (Å²) in [6, 6.07) is 25.8. The molecule has 246 valence electrons. The van der Waals surface area contributed by atoms with Gasteiger partial charge in [-0.15, -0.1) is 10.2 Å². The fraction of sp³-hybridized carbons (Fsp3) is 0.294. The van der Waals surface area contributed by atoms with Gasteiger partial charge in [-0.1, -0.05) is 101 Å². The molecule has 13 heteroatoms. The minimum Gasteiger partial charge on any atom is -0.507 e. The molecule has 47 heavy (non-hydrogen) atoms. The molecule has 0 fully saturated rings. The van der Waals surface area contributed by atoms with Crippen LogP contribution in [-0.2, 0) is 13.1 Å². The van der Waals surface area contributed by atoms with Gasteiger partial charge in [-0.25, -0.2) is 9.36 Å². The van der Waals surface area contributed by atoms with Gasteiger partial charge in [-0.2, -0.15) is 0 Å². The van der Waals surface area contributed by atoms with Crippen molar-refractivity contribution in [3.63, 3.8) is 0 Å². The van der Waals surface area contributed by atoms with Crippen molar-refractivity contribution in [2.75, 3.05) is 0 Å². The number of phenols is 1. The molecule has 0 radical (unpaired) electrons. The molecule has 0 spiro atoms. The predicted molar refractivity (Wildman–Crippen MR) is 194 cm³/mol. The fourth-order valence-electron chi connectivity index (χ4n) is 4.43. The largest absolute Gasteiger partial charge is 0.507 e. The maximum atomic E-state index is 9.54. The first-order valence-corrected chi connectivity index (χ1v) is 16.6. The highest BCUT2D eigenvalue weighted by molar-refractivity contribution is 9.11. The average molecular weight is 766 g/mol. The van der Waals surface area contributed by atoms with Gasteiger partial charge in [0.05, 0.1) is 20.0 Å². The first-order valence-electron chi connectivity index (χ1n) is 15.0. The first-order chi connectivity index (χ1) is 22.1. The SMILES string of the molecule is CC(C)(C)Cn1nnc2c(Br)c(O)ccc21.CC(C)(C)Cn1nnc2c(Br)c(Oc3ccccc3)ccc21.OB(O)c1ccccc1. The Morgan fingerprint density at radius 1 is 0.660 bits per heavy atom. The third-order valence-corrected chi connectivity index (χ3v) is 8.06. The van der Waals surface area contributed by atoms with Gasteiger partial charge >= 0.3 is 7.12 Å². The van der Waals surface area contributed by atoms with Crippen molar-refractivity contribution in [1.82, 2.24) is 30.0 Å². The molecule has 0 unspecified atom stereocenters. The molecule has 6 aromatic rings. The second-order valence-corrected chi connectivity index (χ2v) is 14.9. The number of fused-ring (bicyclic) bond motifs is 2. The number of halogens is 2. The quantitative estimate of drug-likeness (QED) is 0.156. The Kier molecular flexibility index (Phi) is 11.8. The van der Waals surface area contributed by atoms with E-state index in [1.807, 2.05) is 64.0 Å². The summed E-state index contributed by atoms with van der Waals surface area (Å²) >= 11 is 6.90. The smallest absolute Gasteiger partial charge is 0.488 e. The van der Waals surface area contributed by atoms with E-state index in [2.05, 4.69) is 94.0 Å². The number of benzene rings is 4. The van der Waals surface area contributed by atoms with Crippen LogP contribution in [0.5, 0.6) is 17.2 Å². The van der Waals surface area contributed by atoms with Crippen LogP contribution in [0.4, 0.5) is 0 Å². The zero-order valence-corrected chi connectivity index (χ0v) is 30.4. The summed E-state index contributed by atoms with van der Waals surface area (Å²) in [5.41, 5.74) is 4.26. The average Bonchev–Trinajstić information content (AvgIpc) is 3.60. The lowest BCUT2D eigenvalue weighted by atomic mass is 9.81. The molecule has 10 nitrogen and oxygen atoms in total. The van der Waals surface area contributed by atoms with Gasteiger partial charge in [0.25, 0.3) is 0 Å². The number of aromatic nitrogens is 6. The highest BCUT2D eigenvalue weighted by Crippen LogP contribution is 2.35. The van der Waals surface area contributed by atoms with Crippen molar-refractivity contribution in [3.8, 4) is 17.2 Å². The van der Waals surface area contributed by atoms with E-state index in [1.54, 1.807) is 30.3 Å². The number of ether oxygens (including phenoxy) is 1. The number of aromatic hydroxyl groups is 1. The van der Waals surface area contributed by atoms with Crippen LogP contribution in [0.2, 0.25) is 0 Å². The Morgan fingerprint density at radius 2 is 1.13 bits per heavy atom. The Hall–Kier alpha value is -3.78. The van der Waals surface area contributed by atoms with E-state index in [9.17, 15) is 5.11 Å². The maximum Gasteiger partial charge on any atom is 0.488 e. The van der Waals surface area contributed by atoms with Gasteiger partial charge in [0, 0.05) is 13.1 Å². The van der Waals surface area contributed by atoms with Crippen LogP contribution >= 0.6 is 31.9 Å². The summed E-state index contributed by atoms with van der Waals surface area (Å²) in [6.45, 7) is 14.6. The number of phenolic OH excluding ortho intramolecular Hbond substituents is 1. The number of para-hydroxylation sites is 1. The lowest BCUT2D eigenvalue weighted by molar-refractivity contribution is 0.327. The number of hydrogen-bond donors (Lipinski definition) is 3. The summed E-state index contributed by atoms with van der Waals surface area (Å²) in [7, 11) is -1.34. The van der Waals surface area contributed by atoms with Crippen LogP contribution in [0, 0.1) is 10.8 Å². The second kappa shape index (κ2) is 15.4. The monoisotopic (exact) mass is 764 g/mol. The Morgan fingerprint density at radius 3 is 1.60 bits per heavy atom. The Balaban J connectivity index is 0.000000175. The zero-order valence-electron chi connectivity index (χ0n) is 27.3. The summed E-state index contributed by atoms with van der Waals surface area (Å²) in [5.74, 6) is 1.72. The molecule has 4 aromatic carbocycles. The summed E-state index contributed by atoms with van der Waals surface area (Å²) in [4.78, 5) is 0. The lowest BCUT2D eigenvalue weighted by Gasteiger charge is -2.18. The minimum atomic E-state index is -1.34. The van der Waals surface area contributed by atoms with E-state index < -0.39 is 7.12 Å². The van der Waals surface area contributed by atoms with E-state index in [1.165, 1.54) is 0 Å². The van der Waals surface area contributed by atoms with Crippen molar-refractivity contribution in [2.24, 2.45) is 10.8 Å². The molecule has 0 atom stereocenters. The molecule has 3 N–H and O–H groups in total. The van der Waals surface area contributed by atoms with Crippen LogP contribution in [0.15, 0.2) is 93.9 Å². The molecule has 2 heterocycles. The third-order valence-electron chi connectivity index (χ3n) is 6.51. The first kappa shape index (κ1) is 36.1. The predicted octanol–water partition coefficient (Wildman–Crippen LogP) is 7.34. The third kappa shape index (κ3) is 10.1. The van der Waals surface area contributed by atoms with Crippen molar-refractivity contribution in [1.29, 1.82) is 0 Å². The molecule has 6 rings (SSSR count). The molecule has 0 aliphatic rings. The van der Waals surface area contributed by atoms with Crippen LogP contribution in [0.1, 0.15) is 41.5 Å². The van der Waals surface area contributed by atoms with E-state index >= 15 is 0 Å². The Labute approximate surface area is 291 Å². The lowest BCUT2D eigenvalue weighted by Crippen LogP contribution is -2.29. The molecular formula is C34H39BBr2N6O4. The van der Waals surface area contributed by atoms with Gasteiger partial charge in [0.1, 0.15) is 28.3 Å². The summed E-state index contributed by atoms with van der Waals surface area (Å²) in [6.07, 6.45) is 0. The van der Waals surface area contributed by atoms with E-state index in [-0.39, 0.29) is 16.6 Å². The van der Waals surface area contributed by atoms with Gasteiger partial charge in [0.2, 0.25) is 0 Å². The minimum absolute atomic E-state index is 0.144. The van der Waals surface area contributed by atoms with Crippen LogP contribution in [0.25, 0.3) is 22.1 Å². The van der Waals surface area contributed by atoms with Gasteiger partial charge < -0.3 is 19.9 Å². The van der Waals surface area contributed by atoms with Crippen molar-refractivity contribution >= 4 is 66.5 Å². The fourth-order valence-corrected chi connectivity index (χ4v) is 5.34. The van der Waals surface area contributed by atoms with Crippen molar-refractivity contribution < 1.29 is 19.9 Å². The van der Waals surface area contributed by atoms with E-state index in [4.69, 9.17) is 14.8 Å². The number of nitrogens with zero attached hydrogens (tertiary/aromatic N) is 6. The van der Waals surface area contributed by atoms with E-state index in [0.29, 0.717) is 15.5 Å². The molecule has 0 aliphatic heterocycles. The molecule has 0 bridgehead atoms. The zero-order chi connectivity index (χ0) is 34.4. The normalized spacial score (nSPS) is 11.4. The van der Waals surface area contributed by atoms with Gasteiger partial charge in [-0.05, 0) is 84.6 Å². The molecule has 0 saturated heterocycles. The highest BCUT2D eigenvalue weighted by Gasteiger charge is 2.18. The molecule has 0 saturated carbocycles. The summed E-state index contributed by atoms with van der Waals surface area (Å²) < 4.78 is 11.1. The molecule has 0 aliphatic carbocycles. The van der Waals surface area contributed by atoms with Crippen LogP contribution in [0.3, 0.4) is 0 Å². The topological polar surface area (TPSA) is 131 Å². The van der Waals surface area contributed by atoms with Gasteiger partial charge in [-0.3, -0.25) is 0 Å². The number of rotatable bonds is 5. The van der Waals surface area contributed by atoms with Crippen molar-refractivity contribution in [3.05, 3.63) is 93.9 Å². The van der Waals surface area contributed by atoms with Crippen LogP contribution in [-0.4, -0.2) is 52.3 Å². The van der Waals surface area contributed by atoms with Crippen molar-refractivity contribution in [2.45, 2.75) is 54.6 Å². The van der Waals surface area contributed by atoms with Gasteiger partial charge in [0.15, 0.2) is 0 Å². The maximum absolute atomic E-state index is 9.54. The second-order valence-electron chi connectivity index (χ2n) is 13.3. The summed E-state index contributed by atoms with van der Waals surface area (Å²) in [5, 5.41) is 43.4. The number of hydrogen-bond acceptors (Lipinski definition) is 8. The Bertz CT molecular complexity index is 1900. The van der Waals surface area contributed by atoms with Crippen LogP contribution < -0.4 is 10.2 Å². The van der Waals surface area contributed by atoms with E-state index in [0.717, 1.165) is 45.6 Å². The standard InChI is InChI=1S/C17H18BrN3O.C11H14BrN3O.C6H7BO2/c1-17(2,3)11-21-13-9-10-14(15(18)16(13)19-20-21)22-12-7-5-4-6-8-12;1-11(2,3)6-15-7-4-5-8(16)9(12)10(7)13-14-15;8-7(9)6-4-2-1-3-5-6/h4-10H,11H2,1-3H3;4-5,16H,6H2,1-3H3;1-5,8-9H. The molecule has 2 aromatic heterocycles. The highest BCUT2D eigenvalue weighted by atomic mass is 79.9.